The lowest BCUT2D eigenvalue weighted by atomic mass is 10.6. The number of carbonyl (C=O) groups is 1. The third-order valence-corrected chi connectivity index (χ3v) is 1.12. The van der Waals surface area contributed by atoms with Crippen molar-refractivity contribution in [2.45, 2.75) is 6.92 Å². The van der Waals surface area contributed by atoms with Crippen LogP contribution in [0.5, 0.6) is 0 Å². The van der Waals surface area contributed by atoms with Crippen LogP contribution in [0.15, 0.2) is 12.7 Å². The molecule has 0 unspecified atom stereocenters. The molecule has 0 bridgehead atoms. The topological polar surface area (TPSA) is 37.0 Å². The first kappa shape index (κ1) is 17.5. The Bertz CT molecular complexity index is 130. The van der Waals surface area contributed by atoms with Crippen molar-refractivity contribution in [2.75, 3.05) is 27.7 Å². The van der Waals surface area contributed by atoms with Gasteiger partial charge >= 0.3 is 5.97 Å². The van der Waals surface area contributed by atoms with Crippen LogP contribution in [0.1, 0.15) is 6.92 Å². The molecule has 4 heteroatoms. The van der Waals surface area contributed by atoms with E-state index in [1.165, 1.54) is 6.54 Å². The predicted molar refractivity (Wildman–Crippen MR) is 44.5 cm³/mol. The molecule has 0 heterocycles. The van der Waals surface area contributed by atoms with E-state index in [1.807, 2.05) is 0 Å². The van der Waals surface area contributed by atoms with Crippen molar-refractivity contribution >= 4 is 5.97 Å². The van der Waals surface area contributed by atoms with Gasteiger partial charge in [0.1, 0.15) is 0 Å². The Morgan fingerprint density at radius 1 is 1.42 bits per heavy atom. The monoisotopic (exact) mass is 194 g/mol. The molecule has 0 atom stereocenters. The Hall–Kier alpha value is -0.540. The van der Waals surface area contributed by atoms with Crippen molar-refractivity contribution in [1.29, 1.82) is 0 Å². The van der Waals surface area contributed by atoms with Gasteiger partial charge in [0.2, 0.25) is 0 Å². The van der Waals surface area contributed by atoms with E-state index in [0.717, 1.165) is 10.6 Å². The summed E-state index contributed by atoms with van der Waals surface area (Å²) in [5.74, 6) is -1.23. The van der Waals surface area contributed by atoms with Gasteiger partial charge in [-0.3, -0.25) is 0 Å². The van der Waals surface area contributed by atoms with Crippen LogP contribution in [0.3, 0.4) is 0 Å². The van der Waals surface area contributed by atoms with Crippen molar-refractivity contribution in [2.24, 2.45) is 0 Å². The molecular formula is C8H17ClNO2. The lowest BCUT2D eigenvalue weighted by Gasteiger charge is -2.20. The fourth-order valence-corrected chi connectivity index (χ4v) is 0. The zero-order valence-corrected chi connectivity index (χ0v) is 8.89. The van der Waals surface area contributed by atoms with Crippen LogP contribution in [-0.4, -0.2) is 38.1 Å². The third kappa shape index (κ3) is 34.0. The van der Waals surface area contributed by atoms with Gasteiger partial charge in [0, 0.05) is 6.08 Å². The van der Waals surface area contributed by atoms with Crippen molar-refractivity contribution in [3.63, 3.8) is 0 Å². The molecule has 0 rings (SSSR count). The average Bonchev–Trinajstić information content (AvgIpc) is 1.88. The molecule has 0 aromatic rings. The molecular weight excluding hydrogens is 178 g/mol. The molecule has 0 saturated heterocycles. The van der Waals surface area contributed by atoms with Crippen molar-refractivity contribution < 1.29 is 26.8 Å². The molecule has 12 heavy (non-hydrogen) atoms. The summed E-state index contributed by atoms with van der Waals surface area (Å²) < 4.78 is 1.07. The SMILES string of the molecule is C=CC([O])=O.CC[N+](C)(C)C.[Cl-]. The molecule has 1 radical (unpaired) electrons. The molecule has 0 aromatic carbocycles. The number of hydrogen-bond donors (Lipinski definition) is 0. The van der Waals surface area contributed by atoms with Crippen LogP contribution in [0.4, 0.5) is 0 Å². The van der Waals surface area contributed by atoms with Gasteiger partial charge in [-0.15, -0.1) is 0 Å². The van der Waals surface area contributed by atoms with E-state index >= 15 is 0 Å². The van der Waals surface area contributed by atoms with Gasteiger partial charge in [0.15, 0.2) is 0 Å². The maximum absolute atomic E-state index is 9.14. The highest BCUT2D eigenvalue weighted by molar-refractivity contribution is 5.78. The minimum absolute atomic E-state index is 0. The van der Waals surface area contributed by atoms with Gasteiger partial charge in [0.25, 0.3) is 0 Å². The highest BCUT2D eigenvalue weighted by Crippen LogP contribution is 1.83. The Morgan fingerprint density at radius 2 is 1.58 bits per heavy atom. The van der Waals surface area contributed by atoms with Gasteiger partial charge in [-0.2, -0.15) is 0 Å². The highest BCUT2D eigenvalue weighted by atomic mass is 35.5. The minimum Gasteiger partial charge on any atom is -1.00 e. The summed E-state index contributed by atoms with van der Waals surface area (Å²) in [7, 11) is 6.54. The molecule has 0 aliphatic carbocycles. The summed E-state index contributed by atoms with van der Waals surface area (Å²) >= 11 is 0. The first-order valence-corrected chi connectivity index (χ1v) is 3.47. The summed E-state index contributed by atoms with van der Waals surface area (Å²) in [4.78, 5) is 9.14. The van der Waals surface area contributed by atoms with Crippen molar-refractivity contribution in [3.05, 3.63) is 12.7 Å². The summed E-state index contributed by atoms with van der Waals surface area (Å²) in [6.07, 6.45) is 0.722. The van der Waals surface area contributed by atoms with Gasteiger partial charge in [0.05, 0.1) is 27.7 Å². The summed E-state index contributed by atoms with van der Waals surface area (Å²) in [6.45, 7) is 6.29. The second kappa shape index (κ2) is 8.56. The Labute approximate surface area is 80.7 Å². The molecule has 0 spiro atoms. The Morgan fingerprint density at radius 3 is 1.58 bits per heavy atom. The largest absolute Gasteiger partial charge is 1.00 e. The fraction of sp³-hybridized carbons (Fsp3) is 0.625. The molecule has 0 aliphatic rings. The van der Waals surface area contributed by atoms with Crippen LogP contribution in [0.2, 0.25) is 0 Å². The molecule has 0 fully saturated rings. The van der Waals surface area contributed by atoms with Gasteiger partial charge in [-0.05, 0) is 6.92 Å². The Balaban J connectivity index is -0.000000126. The first-order valence-electron chi connectivity index (χ1n) is 3.47. The van der Waals surface area contributed by atoms with Crippen LogP contribution >= 0.6 is 0 Å². The zero-order valence-electron chi connectivity index (χ0n) is 8.13. The van der Waals surface area contributed by atoms with E-state index in [1.54, 1.807) is 0 Å². The maximum atomic E-state index is 9.14. The summed E-state index contributed by atoms with van der Waals surface area (Å²) in [6, 6.07) is 0. The number of quaternary nitrogens is 1. The van der Waals surface area contributed by atoms with Crippen LogP contribution in [0, 0.1) is 0 Å². The molecule has 3 nitrogen and oxygen atoms in total. The normalized spacial score (nSPS) is 8.67. The highest BCUT2D eigenvalue weighted by Gasteiger charge is 1.97. The van der Waals surface area contributed by atoms with Crippen LogP contribution in [-0.2, 0) is 9.90 Å². The average molecular weight is 195 g/mol. The second-order valence-corrected chi connectivity index (χ2v) is 3.13. The molecule has 0 N–H and O–H groups in total. The lowest BCUT2D eigenvalue weighted by Crippen LogP contribution is -3.00. The van der Waals surface area contributed by atoms with Gasteiger partial charge in [-0.25, -0.2) is 9.90 Å². The number of hydrogen-bond acceptors (Lipinski definition) is 1. The van der Waals surface area contributed by atoms with E-state index in [4.69, 9.17) is 9.90 Å². The molecule has 73 valence electrons. The summed E-state index contributed by atoms with van der Waals surface area (Å²) in [5.41, 5.74) is 0. The number of nitrogens with zero attached hydrogens (tertiary/aromatic N) is 1. The van der Waals surface area contributed by atoms with Crippen molar-refractivity contribution in [3.8, 4) is 0 Å². The number of rotatable bonds is 2. The number of carbonyl (C=O) groups excluding carboxylic acids is 1. The molecule has 0 amide bonds. The zero-order chi connectivity index (χ0) is 9.49. The smallest absolute Gasteiger partial charge is 0.378 e. The number of halogens is 1. The molecule has 0 saturated carbocycles. The summed E-state index contributed by atoms with van der Waals surface area (Å²) in [5, 5.41) is 9.14. The van der Waals surface area contributed by atoms with E-state index in [9.17, 15) is 0 Å². The molecule has 0 aliphatic heterocycles. The van der Waals surface area contributed by atoms with Crippen molar-refractivity contribution in [1.82, 2.24) is 0 Å². The maximum Gasteiger partial charge on any atom is 0.378 e. The minimum atomic E-state index is -1.23. The lowest BCUT2D eigenvalue weighted by molar-refractivity contribution is -0.868. The van der Waals surface area contributed by atoms with Gasteiger partial charge < -0.3 is 16.9 Å². The first-order chi connectivity index (χ1) is 4.83. The second-order valence-electron chi connectivity index (χ2n) is 3.13. The van der Waals surface area contributed by atoms with E-state index in [-0.39, 0.29) is 12.4 Å². The van der Waals surface area contributed by atoms with Crippen LogP contribution in [0.25, 0.3) is 0 Å². The quantitative estimate of drug-likeness (QED) is 0.365. The van der Waals surface area contributed by atoms with E-state index in [0.29, 0.717) is 0 Å². The van der Waals surface area contributed by atoms with Gasteiger partial charge in [-0.1, -0.05) is 6.58 Å². The third-order valence-electron chi connectivity index (χ3n) is 1.12. The van der Waals surface area contributed by atoms with Crippen LogP contribution < -0.4 is 12.4 Å². The predicted octanol–water partition coefficient (Wildman–Crippen LogP) is -2.15. The van der Waals surface area contributed by atoms with E-state index in [2.05, 4.69) is 34.6 Å². The Kier molecular flexibility index (Phi) is 12.5. The van der Waals surface area contributed by atoms with E-state index < -0.39 is 5.97 Å². The standard InChI is InChI=1S/C5H14N.C3H3O2.ClH/c1-5-6(2,3)4;1-2-3(4)5;/h5H2,1-4H3;2H,1H2;1H/q+1;;/p-1. The molecule has 0 aromatic heterocycles. The fourth-order valence-electron chi connectivity index (χ4n) is 0.